The van der Waals surface area contributed by atoms with E-state index in [-0.39, 0.29) is 12.6 Å². The summed E-state index contributed by atoms with van der Waals surface area (Å²) in [6.07, 6.45) is 4.00. The van der Waals surface area contributed by atoms with Gasteiger partial charge in [-0.25, -0.2) is 4.79 Å². The molecule has 1 aliphatic carbocycles. The van der Waals surface area contributed by atoms with Gasteiger partial charge in [0.1, 0.15) is 0 Å². The average molecular weight is 337 g/mol. The Morgan fingerprint density at radius 2 is 1.96 bits per heavy atom. The molecule has 1 aromatic rings. The lowest BCUT2D eigenvalue weighted by Gasteiger charge is -2.34. The molecule has 0 saturated heterocycles. The first kappa shape index (κ1) is 18.1. The van der Waals surface area contributed by atoms with E-state index in [4.69, 9.17) is 0 Å². The Morgan fingerprint density at radius 1 is 1.30 bits per heavy atom. The minimum atomic E-state index is 0.0120. The third-order valence-electron chi connectivity index (χ3n) is 4.56. The first-order valence-electron chi connectivity index (χ1n) is 8.43. The Labute approximate surface area is 143 Å². The van der Waals surface area contributed by atoms with E-state index >= 15 is 0 Å². The van der Waals surface area contributed by atoms with Crippen molar-refractivity contribution >= 4 is 17.8 Å². The zero-order valence-corrected chi connectivity index (χ0v) is 14.9. The number of aliphatic hydroxyl groups is 1. The summed E-state index contributed by atoms with van der Waals surface area (Å²) >= 11 is 1.78. The van der Waals surface area contributed by atoms with E-state index in [1.807, 2.05) is 30.1 Å². The fourth-order valence-electron chi connectivity index (χ4n) is 3.01. The zero-order valence-electron chi connectivity index (χ0n) is 14.1. The van der Waals surface area contributed by atoms with Crippen LogP contribution >= 0.6 is 11.8 Å². The zero-order chi connectivity index (χ0) is 16.7. The van der Waals surface area contributed by atoms with Crippen molar-refractivity contribution in [1.29, 1.82) is 0 Å². The summed E-state index contributed by atoms with van der Waals surface area (Å²) in [5.74, 6) is 0.421. The number of thioether (sulfide) groups is 1. The Bertz CT molecular complexity index is 475. The normalized spacial score (nSPS) is 22.4. The van der Waals surface area contributed by atoms with Crippen molar-refractivity contribution in [2.24, 2.45) is 5.92 Å². The van der Waals surface area contributed by atoms with Crippen LogP contribution in [0.2, 0.25) is 0 Å². The first-order valence-corrected chi connectivity index (χ1v) is 9.31. The monoisotopic (exact) mass is 336 g/mol. The predicted molar refractivity (Wildman–Crippen MR) is 95.8 cm³/mol. The van der Waals surface area contributed by atoms with Gasteiger partial charge in [-0.15, -0.1) is 11.8 Å². The SMILES string of the molecule is CC(CNC(=O)N(C)C1CCC(CO)CC1)Sc1ccccc1. The van der Waals surface area contributed by atoms with E-state index in [9.17, 15) is 9.90 Å². The molecular formula is C18H28N2O2S. The molecule has 1 fully saturated rings. The van der Waals surface area contributed by atoms with Crippen LogP contribution in [0.25, 0.3) is 0 Å². The van der Waals surface area contributed by atoms with Gasteiger partial charge in [-0.05, 0) is 43.7 Å². The molecule has 1 unspecified atom stereocenters. The first-order chi connectivity index (χ1) is 11.1. The van der Waals surface area contributed by atoms with Crippen LogP contribution < -0.4 is 5.32 Å². The predicted octanol–water partition coefficient (Wildman–Crippen LogP) is 3.36. The maximum absolute atomic E-state index is 12.3. The van der Waals surface area contributed by atoms with Crippen LogP contribution in [0.3, 0.4) is 0 Å². The number of rotatable bonds is 6. The van der Waals surface area contributed by atoms with Gasteiger partial charge in [0.15, 0.2) is 0 Å². The quantitative estimate of drug-likeness (QED) is 0.783. The molecule has 1 saturated carbocycles. The molecule has 0 heterocycles. The number of aliphatic hydroxyl groups excluding tert-OH is 1. The molecule has 0 aliphatic heterocycles. The third kappa shape index (κ3) is 5.74. The number of carbonyl (C=O) groups is 1. The molecule has 0 spiro atoms. The smallest absolute Gasteiger partial charge is 0.317 e. The van der Waals surface area contributed by atoms with Gasteiger partial charge in [0.05, 0.1) is 0 Å². The minimum absolute atomic E-state index is 0.0120. The molecule has 23 heavy (non-hydrogen) atoms. The molecule has 0 aromatic heterocycles. The van der Waals surface area contributed by atoms with Crippen LogP contribution in [-0.2, 0) is 0 Å². The van der Waals surface area contributed by atoms with Gasteiger partial charge < -0.3 is 15.3 Å². The molecule has 5 heteroatoms. The Morgan fingerprint density at radius 3 is 2.57 bits per heavy atom. The van der Waals surface area contributed by atoms with E-state index in [2.05, 4.69) is 24.4 Å². The molecule has 1 aliphatic rings. The average Bonchev–Trinajstić information content (AvgIpc) is 2.60. The van der Waals surface area contributed by atoms with Gasteiger partial charge in [-0.1, -0.05) is 25.1 Å². The highest BCUT2D eigenvalue weighted by Crippen LogP contribution is 2.27. The second-order valence-electron chi connectivity index (χ2n) is 6.40. The summed E-state index contributed by atoms with van der Waals surface area (Å²) in [5, 5.41) is 12.6. The fraction of sp³-hybridized carbons (Fsp3) is 0.611. The molecule has 2 rings (SSSR count). The summed E-state index contributed by atoms with van der Waals surface area (Å²) in [6.45, 7) is 3.07. The van der Waals surface area contributed by atoms with E-state index in [0.717, 1.165) is 25.7 Å². The van der Waals surface area contributed by atoms with Crippen molar-refractivity contribution in [3.05, 3.63) is 30.3 Å². The maximum Gasteiger partial charge on any atom is 0.317 e. The summed E-state index contributed by atoms with van der Waals surface area (Å²) in [5.41, 5.74) is 0. The standard InChI is InChI=1S/C18H28N2O2S/c1-14(23-17-6-4-3-5-7-17)12-19-18(22)20(2)16-10-8-15(13-21)9-11-16/h3-7,14-16,21H,8-13H2,1-2H3,(H,19,22). The van der Waals surface area contributed by atoms with Crippen molar-refractivity contribution in [3.63, 3.8) is 0 Å². The fourth-order valence-corrected chi connectivity index (χ4v) is 3.95. The lowest BCUT2D eigenvalue weighted by Crippen LogP contribution is -2.46. The molecule has 0 radical (unpaired) electrons. The van der Waals surface area contributed by atoms with E-state index in [1.165, 1.54) is 4.90 Å². The van der Waals surface area contributed by atoms with Crippen molar-refractivity contribution in [3.8, 4) is 0 Å². The highest BCUT2D eigenvalue weighted by atomic mass is 32.2. The van der Waals surface area contributed by atoms with Crippen LogP contribution in [0.15, 0.2) is 35.2 Å². The topological polar surface area (TPSA) is 52.6 Å². The van der Waals surface area contributed by atoms with Gasteiger partial charge >= 0.3 is 6.03 Å². The summed E-state index contributed by atoms with van der Waals surface area (Å²) in [4.78, 5) is 15.4. The molecule has 1 aromatic carbocycles. The summed E-state index contributed by atoms with van der Waals surface area (Å²) in [7, 11) is 1.88. The molecule has 4 nitrogen and oxygen atoms in total. The largest absolute Gasteiger partial charge is 0.396 e. The van der Waals surface area contributed by atoms with Crippen LogP contribution in [0, 0.1) is 5.92 Å². The maximum atomic E-state index is 12.3. The van der Waals surface area contributed by atoms with Gasteiger partial charge in [0.25, 0.3) is 0 Å². The van der Waals surface area contributed by atoms with Crippen LogP contribution in [-0.4, -0.2) is 47.5 Å². The summed E-state index contributed by atoms with van der Waals surface area (Å²) < 4.78 is 0. The van der Waals surface area contributed by atoms with Crippen molar-refractivity contribution < 1.29 is 9.90 Å². The Hall–Kier alpha value is -1.20. The summed E-state index contributed by atoms with van der Waals surface area (Å²) in [6, 6.07) is 10.6. The number of carbonyl (C=O) groups excluding carboxylic acids is 1. The molecule has 2 N–H and O–H groups in total. The van der Waals surface area contributed by atoms with E-state index in [0.29, 0.717) is 23.8 Å². The van der Waals surface area contributed by atoms with Crippen LogP contribution in [0.1, 0.15) is 32.6 Å². The minimum Gasteiger partial charge on any atom is -0.396 e. The number of hydrogen-bond acceptors (Lipinski definition) is 3. The number of amides is 2. The van der Waals surface area contributed by atoms with Gasteiger partial charge in [-0.3, -0.25) is 0 Å². The Kier molecular flexibility index (Phi) is 7.24. The van der Waals surface area contributed by atoms with Crippen molar-refractivity contribution in [2.45, 2.75) is 48.8 Å². The highest BCUT2D eigenvalue weighted by molar-refractivity contribution is 8.00. The lowest BCUT2D eigenvalue weighted by atomic mass is 9.86. The van der Waals surface area contributed by atoms with E-state index < -0.39 is 0 Å². The second kappa shape index (κ2) is 9.18. The van der Waals surface area contributed by atoms with Crippen LogP contribution in [0.4, 0.5) is 4.79 Å². The van der Waals surface area contributed by atoms with Crippen LogP contribution in [0.5, 0.6) is 0 Å². The molecule has 128 valence electrons. The molecule has 0 bridgehead atoms. The number of nitrogens with zero attached hydrogens (tertiary/aromatic N) is 1. The Balaban J connectivity index is 1.71. The lowest BCUT2D eigenvalue weighted by molar-refractivity contribution is 0.134. The van der Waals surface area contributed by atoms with Gasteiger partial charge in [0, 0.05) is 36.4 Å². The third-order valence-corrected chi connectivity index (χ3v) is 5.68. The van der Waals surface area contributed by atoms with Crippen molar-refractivity contribution in [2.75, 3.05) is 20.2 Å². The highest BCUT2D eigenvalue weighted by Gasteiger charge is 2.26. The van der Waals surface area contributed by atoms with Gasteiger partial charge in [-0.2, -0.15) is 0 Å². The number of benzene rings is 1. The second-order valence-corrected chi connectivity index (χ2v) is 7.91. The number of nitrogens with one attached hydrogen (secondary N) is 1. The molecular weight excluding hydrogens is 308 g/mol. The number of urea groups is 1. The van der Waals surface area contributed by atoms with Crippen molar-refractivity contribution in [1.82, 2.24) is 10.2 Å². The molecule has 2 amide bonds. The molecule has 1 atom stereocenters. The number of hydrogen-bond donors (Lipinski definition) is 2. The van der Waals surface area contributed by atoms with E-state index in [1.54, 1.807) is 11.8 Å². The van der Waals surface area contributed by atoms with Gasteiger partial charge in [0.2, 0.25) is 0 Å².